The third-order valence-corrected chi connectivity index (χ3v) is 6.11. The van der Waals surface area contributed by atoms with Gasteiger partial charge in [-0.3, -0.25) is 4.79 Å². The van der Waals surface area contributed by atoms with Gasteiger partial charge in [-0.1, -0.05) is 19.9 Å². The zero-order valence-corrected chi connectivity index (χ0v) is 16.8. The number of amides is 1. The van der Waals surface area contributed by atoms with Crippen LogP contribution in [-0.4, -0.2) is 45.4 Å². The fourth-order valence-corrected chi connectivity index (χ4v) is 4.13. The first kappa shape index (κ1) is 21.6. The van der Waals surface area contributed by atoms with Crippen molar-refractivity contribution < 1.29 is 22.3 Å². The number of rotatable bonds is 9. The summed E-state index contributed by atoms with van der Waals surface area (Å²) in [6.07, 6.45) is 0. The summed E-state index contributed by atoms with van der Waals surface area (Å²) in [5, 5.41) is 5.44. The molecule has 152 valence electrons. The largest absolute Gasteiger partial charge is 0.495 e. The minimum absolute atomic E-state index is 0.102. The van der Waals surface area contributed by atoms with Crippen molar-refractivity contribution in [1.82, 2.24) is 4.31 Å². The number of carbonyl (C=O) groups is 1. The van der Waals surface area contributed by atoms with Crippen molar-refractivity contribution >= 4 is 27.3 Å². The van der Waals surface area contributed by atoms with Crippen LogP contribution in [0.5, 0.6) is 5.75 Å². The summed E-state index contributed by atoms with van der Waals surface area (Å²) >= 11 is 0. The van der Waals surface area contributed by atoms with Gasteiger partial charge in [0.15, 0.2) is 0 Å². The van der Waals surface area contributed by atoms with E-state index < -0.39 is 21.7 Å². The van der Waals surface area contributed by atoms with E-state index in [0.29, 0.717) is 30.2 Å². The Morgan fingerprint density at radius 2 is 1.86 bits per heavy atom. The van der Waals surface area contributed by atoms with Crippen molar-refractivity contribution in [3.8, 4) is 5.75 Å². The third-order valence-electron chi connectivity index (χ3n) is 4.06. The lowest BCUT2D eigenvalue weighted by Crippen LogP contribution is -2.30. The molecular weight excluding hydrogens is 385 g/mol. The van der Waals surface area contributed by atoms with Crippen LogP contribution in [0.4, 0.5) is 15.8 Å². The van der Waals surface area contributed by atoms with Crippen LogP contribution in [0.2, 0.25) is 0 Å². The van der Waals surface area contributed by atoms with Gasteiger partial charge in [0.25, 0.3) is 0 Å². The molecule has 0 aliphatic carbocycles. The summed E-state index contributed by atoms with van der Waals surface area (Å²) in [6, 6.07) is 9.97. The number of hydrogen-bond donors (Lipinski definition) is 2. The zero-order chi connectivity index (χ0) is 20.7. The molecule has 0 aliphatic rings. The Morgan fingerprint density at radius 1 is 1.14 bits per heavy atom. The van der Waals surface area contributed by atoms with Crippen LogP contribution in [-0.2, 0) is 14.8 Å². The molecular formula is C19H24FN3O4S. The first-order valence-corrected chi connectivity index (χ1v) is 10.2. The van der Waals surface area contributed by atoms with Gasteiger partial charge in [-0.15, -0.1) is 0 Å². The number of carbonyl (C=O) groups excluding carboxylic acids is 1. The molecule has 0 fully saturated rings. The highest BCUT2D eigenvalue weighted by Gasteiger charge is 2.23. The van der Waals surface area contributed by atoms with Gasteiger partial charge in [0.05, 0.1) is 24.2 Å². The van der Waals surface area contributed by atoms with E-state index in [1.54, 1.807) is 19.9 Å². The van der Waals surface area contributed by atoms with E-state index in [1.165, 1.54) is 47.8 Å². The molecule has 2 aromatic carbocycles. The number of sulfonamides is 1. The lowest BCUT2D eigenvalue weighted by molar-refractivity contribution is -0.114. The van der Waals surface area contributed by atoms with E-state index in [1.807, 2.05) is 0 Å². The number of benzene rings is 2. The van der Waals surface area contributed by atoms with Crippen LogP contribution in [0.15, 0.2) is 47.4 Å². The third kappa shape index (κ3) is 5.20. The number of ether oxygens (including phenoxy) is 1. The molecule has 0 saturated heterocycles. The second-order valence-corrected chi connectivity index (χ2v) is 7.80. The lowest BCUT2D eigenvalue weighted by atomic mass is 10.3. The van der Waals surface area contributed by atoms with E-state index in [2.05, 4.69) is 10.6 Å². The molecule has 9 heteroatoms. The molecule has 28 heavy (non-hydrogen) atoms. The van der Waals surface area contributed by atoms with Gasteiger partial charge in [0.2, 0.25) is 15.9 Å². The number of nitrogens with zero attached hydrogens (tertiary/aromatic N) is 1. The monoisotopic (exact) mass is 409 g/mol. The van der Waals surface area contributed by atoms with Gasteiger partial charge >= 0.3 is 0 Å². The molecule has 1 amide bonds. The van der Waals surface area contributed by atoms with E-state index in [9.17, 15) is 17.6 Å². The van der Waals surface area contributed by atoms with Crippen LogP contribution < -0.4 is 15.4 Å². The maximum Gasteiger partial charge on any atom is 0.243 e. The lowest BCUT2D eigenvalue weighted by Gasteiger charge is -2.20. The van der Waals surface area contributed by atoms with Gasteiger partial charge in [0.1, 0.15) is 11.6 Å². The summed E-state index contributed by atoms with van der Waals surface area (Å²) in [5.41, 5.74) is 0.696. The minimum Gasteiger partial charge on any atom is -0.495 e. The Morgan fingerprint density at radius 3 is 2.46 bits per heavy atom. The molecule has 0 spiro atoms. The highest BCUT2D eigenvalue weighted by Crippen LogP contribution is 2.28. The molecule has 0 saturated carbocycles. The summed E-state index contributed by atoms with van der Waals surface area (Å²) in [7, 11) is -2.19. The van der Waals surface area contributed by atoms with Gasteiger partial charge in [-0.05, 0) is 36.4 Å². The molecule has 0 bridgehead atoms. The molecule has 0 radical (unpaired) electrons. The molecule has 0 aliphatic heterocycles. The van der Waals surface area contributed by atoms with Crippen LogP contribution in [0, 0.1) is 5.82 Å². The number of nitrogens with one attached hydrogen (secondary N) is 2. The Hall–Kier alpha value is -2.65. The summed E-state index contributed by atoms with van der Waals surface area (Å²) in [4.78, 5) is 12.2. The minimum atomic E-state index is -3.64. The highest BCUT2D eigenvalue weighted by molar-refractivity contribution is 7.89. The van der Waals surface area contributed by atoms with Crippen LogP contribution in [0.3, 0.4) is 0 Å². The topological polar surface area (TPSA) is 87.7 Å². The van der Waals surface area contributed by atoms with Crippen LogP contribution in [0.1, 0.15) is 13.8 Å². The van der Waals surface area contributed by atoms with Crippen LogP contribution in [0.25, 0.3) is 0 Å². The predicted octanol–water partition coefficient (Wildman–Crippen LogP) is 2.92. The summed E-state index contributed by atoms with van der Waals surface area (Å²) in [6.45, 7) is 4.08. The highest BCUT2D eigenvalue weighted by atomic mass is 32.2. The second kappa shape index (κ2) is 9.52. The van der Waals surface area contributed by atoms with Crippen molar-refractivity contribution in [2.24, 2.45) is 0 Å². The zero-order valence-electron chi connectivity index (χ0n) is 16.0. The average molecular weight is 409 g/mol. The van der Waals surface area contributed by atoms with Gasteiger partial charge in [-0.25, -0.2) is 12.8 Å². The van der Waals surface area contributed by atoms with E-state index in [4.69, 9.17) is 4.74 Å². The number of methoxy groups -OCH3 is 1. The van der Waals surface area contributed by atoms with Gasteiger partial charge in [-0.2, -0.15) is 4.31 Å². The van der Waals surface area contributed by atoms with E-state index in [-0.39, 0.29) is 11.4 Å². The SMILES string of the molecule is CCN(CC)S(=O)(=O)c1ccc(OC)c(NCC(=O)Nc2cccc(F)c2)c1. The molecule has 2 aromatic rings. The number of anilines is 2. The first-order chi connectivity index (χ1) is 13.3. The van der Waals surface area contributed by atoms with Crippen LogP contribution >= 0.6 is 0 Å². The molecule has 0 atom stereocenters. The Balaban J connectivity index is 2.17. The predicted molar refractivity (Wildman–Crippen MR) is 107 cm³/mol. The Bertz CT molecular complexity index is 931. The van der Waals surface area contributed by atoms with Gasteiger partial charge in [0, 0.05) is 18.8 Å². The maximum absolute atomic E-state index is 13.2. The number of hydrogen-bond acceptors (Lipinski definition) is 5. The standard InChI is InChI=1S/C19H24FN3O4S/c1-4-23(5-2)28(25,26)16-9-10-18(27-3)17(12-16)21-13-19(24)22-15-8-6-7-14(20)11-15/h6-12,21H,4-5,13H2,1-3H3,(H,22,24). The number of halogens is 1. The second-order valence-electron chi connectivity index (χ2n) is 5.86. The maximum atomic E-state index is 13.2. The van der Waals surface area contributed by atoms with Crippen molar-refractivity contribution in [3.05, 3.63) is 48.3 Å². The molecule has 0 unspecified atom stereocenters. The molecule has 0 aromatic heterocycles. The van der Waals surface area contributed by atoms with Crippen molar-refractivity contribution in [3.63, 3.8) is 0 Å². The molecule has 2 N–H and O–H groups in total. The average Bonchev–Trinajstić information content (AvgIpc) is 2.66. The Kier molecular flexibility index (Phi) is 7.36. The van der Waals surface area contributed by atoms with Crippen molar-refractivity contribution in [1.29, 1.82) is 0 Å². The summed E-state index contributed by atoms with van der Waals surface area (Å²) in [5.74, 6) is -0.469. The normalized spacial score (nSPS) is 11.3. The van der Waals surface area contributed by atoms with Crippen molar-refractivity contribution in [2.45, 2.75) is 18.7 Å². The van der Waals surface area contributed by atoms with Gasteiger partial charge < -0.3 is 15.4 Å². The fraction of sp³-hybridized carbons (Fsp3) is 0.316. The smallest absolute Gasteiger partial charge is 0.243 e. The fourth-order valence-electron chi connectivity index (χ4n) is 2.65. The quantitative estimate of drug-likeness (QED) is 0.665. The van der Waals surface area contributed by atoms with E-state index in [0.717, 1.165) is 0 Å². The van der Waals surface area contributed by atoms with Crippen molar-refractivity contribution in [2.75, 3.05) is 37.4 Å². The Labute approximate surface area is 164 Å². The van der Waals surface area contributed by atoms with E-state index >= 15 is 0 Å². The molecule has 2 rings (SSSR count). The summed E-state index contributed by atoms with van der Waals surface area (Å²) < 4.78 is 45.2. The first-order valence-electron chi connectivity index (χ1n) is 8.79. The molecule has 7 nitrogen and oxygen atoms in total. The molecule has 0 heterocycles.